The van der Waals surface area contributed by atoms with Gasteiger partial charge in [-0.1, -0.05) is 6.07 Å². The number of nitrogens with zero attached hydrogens (tertiary/aromatic N) is 5. The first-order valence-corrected chi connectivity index (χ1v) is 11.4. The molecule has 1 fully saturated rings. The van der Waals surface area contributed by atoms with Gasteiger partial charge in [-0.05, 0) is 62.0 Å². The van der Waals surface area contributed by atoms with Crippen molar-refractivity contribution in [1.82, 2.24) is 19.9 Å². The molecule has 174 valence electrons. The maximum absolute atomic E-state index is 12.3. The molecule has 8 heteroatoms. The van der Waals surface area contributed by atoms with Crippen LogP contribution in [-0.4, -0.2) is 60.1 Å². The zero-order chi connectivity index (χ0) is 23.7. The van der Waals surface area contributed by atoms with E-state index in [1.165, 1.54) is 11.3 Å². The second kappa shape index (κ2) is 9.15. The van der Waals surface area contributed by atoms with Gasteiger partial charge in [-0.2, -0.15) is 4.98 Å². The Morgan fingerprint density at radius 3 is 2.50 bits per heavy atom. The topological polar surface area (TPSA) is 77.6 Å². The molecule has 2 aromatic heterocycles. The Morgan fingerprint density at radius 1 is 1.00 bits per heavy atom. The normalized spacial score (nSPS) is 14.4. The molecule has 5 rings (SSSR count). The maximum atomic E-state index is 12.3. The predicted molar refractivity (Wildman–Crippen MR) is 136 cm³/mol. The van der Waals surface area contributed by atoms with Crippen LogP contribution in [0.5, 0.6) is 11.8 Å². The molecule has 3 heterocycles. The van der Waals surface area contributed by atoms with Crippen molar-refractivity contribution in [2.45, 2.75) is 6.92 Å². The first-order chi connectivity index (χ1) is 16.5. The molecule has 0 radical (unpaired) electrons. The number of aromatic amines is 1. The number of fused-ring (bicyclic) bond motifs is 1. The molecule has 0 saturated carbocycles. The van der Waals surface area contributed by atoms with Gasteiger partial charge in [0.15, 0.2) is 0 Å². The van der Waals surface area contributed by atoms with Crippen LogP contribution in [0.15, 0.2) is 65.7 Å². The first-order valence-electron chi connectivity index (χ1n) is 11.4. The van der Waals surface area contributed by atoms with E-state index in [9.17, 15) is 4.79 Å². The third kappa shape index (κ3) is 4.45. The second-order valence-electron chi connectivity index (χ2n) is 8.68. The van der Waals surface area contributed by atoms with E-state index < -0.39 is 0 Å². The van der Waals surface area contributed by atoms with Gasteiger partial charge < -0.3 is 19.4 Å². The molecule has 1 aliphatic heterocycles. The lowest BCUT2D eigenvalue weighted by Crippen LogP contribution is -2.44. The number of hydrogen-bond acceptors (Lipinski definition) is 7. The monoisotopic (exact) mass is 456 g/mol. The van der Waals surface area contributed by atoms with Gasteiger partial charge in [0.05, 0.1) is 17.1 Å². The van der Waals surface area contributed by atoms with Gasteiger partial charge >= 0.3 is 6.01 Å². The summed E-state index contributed by atoms with van der Waals surface area (Å²) in [6.07, 6.45) is 3.12. The number of nitrogens with one attached hydrogen (secondary N) is 1. The van der Waals surface area contributed by atoms with E-state index >= 15 is 0 Å². The largest absolute Gasteiger partial charge is 0.426 e. The highest BCUT2D eigenvalue weighted by atomic mass is 16.5. The average molecular weight is 457 g/mol. The highest BCUT2D eigenvalue weighted by molar-refractivity contribution is 5.76. The summed E-state index contributed by atoms with van der Waals surface area (Å²) in [5, 5.41) is 0.480. The molecular formula is C26H28N6O2. The smallest absolute Gasteiger partial charge is 0.302 e. The highest BCUT2D eigenvalue weighted by Gasteiger charge is 2.17. The van der Waals surface area contributed by atoms with Gasteiger partial charge in [0.1, 0.15) is 5.75 Å². The van der Waals surface area contributed by atoms with Gasteiger partial charge in [-0.15, -0.1) is 0 Å². The number of likely N-dealkylation sites (N-methyl/N-ethyl adjacent to an activating group) is 1. The van der Waals surface area contributed by atoms with Gasteiger partial charge in [-0.25, -0.2) is 0 Å². The molecule has 1 aliphatic rings. The van der Waals surface area contributed by atoms with Crippen molar-refractivity contribution < 1.29 is 4.74 Å². The van der Waals surface area contributed by atoms with Crippen molar-refractivity contribution in [3.05, 3.63) is 76.8 Å². The fourth-order valence-electron chi connectivity index (χ4n) is 4.21. The van der Waals surface area contributed by atoms with Crippen LogP contribution in [0.3, 0.4) is 0 Å². The lowest BCUT2D eigenvalue weighted by Gasteiger charge is -2.35. The zero-order valence-corrected chi connectivity index (χ0v) is 19.7. The summed E-state index contributed by atoms with van der Waals surface area (Å²) >= 11 is 0. The summed E-state index contributed by atoms with van der Waals surface area (Å²) in [5.74, 6) is 0.588. The molecule has 0 bridgehead atoms. The summed E-state index contributed by atoms with van der Waals surface area (Å²) in [4.78, 5) is 30.3. The molecule has 0 amide bonds. The fraction of sp³-hybridized carbons (Fsp3) is 0.269. The SMILES string of the molecule is Cc1ccc(N(C)c2ccc(Oc3nc4cnccc4c(=O)[nH]3)cc2)cc1N1CCN(C)CC1. The van der Waals surface area contributed by atoms with Crippen molar-refractivity contribution in [2.75, 3.05) is 50.1 Å². The summed E-state index contributed by atoms with van der Waals surface area (Å²) in [6, 6.07) is 16.1. The number of rotatable bonds is 5. The van der Waals surface area contributed by atoms with Gasteiger partial charge in [0, 0.05) is 56.5 Å². The number of ether oxygens (including phenoxy) is 1. The Kier molecular flexibility index (Phi) is 5.90. The summed E-state index contributed by atoms with van der Waals surface area (Å²) < 4.78 is 5.81. The number of hydrogen-bond donors (Lipinski definition) is 1. The predicted octanol–water partition coefficient (Wildman–Crippen LogP) is 3.94. The van der Waals surface area contributed by atoms with Crippen molar-refractivity contribution in [3.63, 3.8) is 0 Å². The molecule has 0 spiro atoms. The Bertz CT molecular complexity index is 1360. The minimum absolute atomic E-state index is 0.141. The van der Waals surface area contributed by atoms with Crippen LogP contribution in [0.1, 0.15) is 5.56 Å². The van der Waals surface area contributed by atoms with Crippen LogP contribution in [0.4, 0.5) is 17.1 Å². The number of pyridine rings is 1. The van der Waals surface area contributed by atoms with E-state index in [-0.39, 0.29) is 11.6 Å². The van der Waals surface area contributed by atoms with E-state index in [4.69, 9.17) is 4.74 Å². The summed E-state index contributed by atoms with van der Waals surface area (Å²) in [6.45, 7) is 6.41. The molecule has 0 aliphatic carbocycles. The molecular weight excluding hydrogens is 428 g/mol. The van der Waals surface area contributed by atoms with E-state index in [1.54, 1.807) is 18.5 Å². The number of piperazine rings is 1. The number of anilines is 3. The Balaban J connectivity index is 1.33. The number of H-pyrrole nitrogens is 1. The maximum Gasteiger partial charge on any atom is 0.302 e. The lowest BCUT2D eigenvalue weighted by atomic mass is 10.1. The van der Waals surface area contributed by atoms with Gasteiger partial charge in [0.25, 0.3) is 5.56 Å². The summed E-state index contributed by atoms with van der Waals surface area (Å²) in [5.41, 5.74) is 4.98. The van der Waals surface area contributed by atoms with E-state index in [0.29, 0.717) is 16.7 Å². The van der Waals surface area contributed by atoms with Crippen molar-refractivity contribution in [3.8, 4) is 11.8 Å². The molecule has 8 nitrogen and oxygen atoms in total. The summed E-state index contributed by atoms with van der Waals surface area (Å²) in [7, 11) is 4.23. The molecule has 0 unspecified atom stereocenters. The Hall–Kier alpha value is -3.91. The fourth-order valence-corrected chi connectivity index (χ4v) is 4.21. The van der Waals surface area contributed by atoms with E-state index in [0.717, 1.165) is 37.6 Å². The zero-order valence-electron chi connectivity index (χ0n) is 19.7. The van der Waals surface area contributed by atoms with Crippen LogP contribution in [-0.2, 0) is 0 Å². The minimum atomic E-state index is -0.255. The molecule has 2 aromatic carbocycles. The second-order valence-corrected chi connectivity index (χ2v) is 8.68. The number of aromatic nitrogens is 3. The average Bonchev–Trinajstić information content (AvgIpc) is 2.85. The molecule has 1 saturated heterocycles. The molecule has 34 heavy (non-hydrogen) atoms. The van der Waals surface area contributed by atoms with Crippen LogP contribution in [0.25, 0.3) is 10.9 Å². The van der Waals surface area contributed by atoms with E-state index in [1.807, 2.05) is 24.3 Å². The lowest BCUT2D eigenvalue weighted by molar-refractivity contribution is 0.312. The first kappa shape index (κ1) is 21.9. The quantitative estimate of drug-likeness (QED) is 0.487. The molecule has 0 atom stereocenters. The molecule has 4 aromatic rings. The number of aryl methyl sites for hydroxylation is 1. The van der Waals surface area contributed by atoms with Gasteiger partial charge in [0.2, 0.25) is 0 Å². The van der Waals surface area contributed by atoms with Crippen molar-refractivity contribution in [1.29, 1.82) is 0 Å². The van der Waals surface area contributed by atoms with Crippen LogP contribution in [0.2, 0.25) is 0 Å². The standard InChI is InChI=1S/C26H28N6O2/c1-18-4-5-20(16-24(18)32-14-12-30(2)13-15-32)31(3)19-6-8-21(9-7-19)34-26-28-23-17-27-11-10-22(23)25(33)29-26/h4-11,16-17H,12-15H2,1-3H3,(H,28,29,33). The van der Waals surface area contributed by atoms with Crippen molar-refractivity contribution >= 4 is 28.0 Å². The van der Waals surface area contributed by atoms with Crippen LogP contribution < -0.4 is 20.1 Å². The van der Waals surface area contributed by atoms with Crippen molar-refractivity contribution in [2.24, 2.45) is 0 Å². The third-order valence-electron chi connectivity index (χ3n) is 6.35. The van der Waals surface area contributed by atoms with Crippen LogP contribution >= 0.6 is 0 Å². The Morgan fingerprint density at radius 2 is 1.74 bits per heavy atom. The molecule has 1 N–H and O–H groups in total. The van der Waals surface area contributed by atoms with Crippen LogP contribution in [0, 0.1) is 6.92 Å². The van der Waals surface area contributed by atoms with E-state index in [2.05, 4.69) is 68.9 Å². The third-order valence-corrected chi connectivity index (χ3v) is 6.35. The minimum Gasteiger partial charge on any atom is -0.426 e. The Labute approximate surface area is 198 Å². The highest BCUT2D eigenvalue weighted by Crippen LogP contribution is 2.31. The van der Waals surface area contributed by atoms with Gasteiger partial charge in [-0.3, -0.25) is 14.8 Å². The number of benzene rings is 2.